The number of hydrogen-bond acceptors (Lipinski definition) is 6. The lowest BCUT2D eigenvalue weighted by Crippen LogP contribution is -2.50. The van der Waals surface area contributed by atoms with Gasteiger partial charge >= 0.3 is 0 Å². The van der Waals surface area contributed by atoms with Crippen LogP contribution >= 0.6 is 0 Å². The molecule has 20 heavy (non-hydrogen) atoms. The number of ether oxygens (including phenoxy) is 2. The minimum Gasteiger partial charge on any atom is -0.381 e. The van der Waals surface area contributed by atoms with Gasteiger partial charge in [0, 0.05) is 38.8 Å². The third kappa shape index (κ3) is 3.37. The van der Waals surface area contributed by atoms with E-state index in [9.17, 15) is 0 Å². The van der Waals surface area contributed by atoms with Crippen molar-refractivity contribution in [3.8, 4) is 0 Å². The first kappa shape index (κ1) is 14.0. The normalized spacial score (nSPS) is 25.9. The molecule has 1 atom stereocenters. The van der Waals surface area contributed by atoms with Crippen LogP contribution in [0.15, 0.2) is 4.52 Å². The van der Waals surface area contributed by atoms with Gasteiger partial charge in [0.05, 0.1) is 5.60 Å². The largest absolute Gasteiger partial charge is 0.381 e. The molecule has 0 saturated carbocycles. The number of aromatic nitrogens is 2. The fourth-order valence-corrected chi connectivity index (χ4v) is 3.12. The minimum absolute atomic E-state index is 0.0508. The van der Waals surface area contributed by atoms with Crippen molar-refractivity contribution in [2.24, 2.45) is 0 Å². The van der Waals surface area contributed by atoms with Gasteiger partial charge in [-0.1, -0.05) is 5.16 Å². The van der Waals surface area contributed by atoms with E-state index in [1.54, 1.807) is 0 Å². The first-order valence-corrected chi connectivity index (χ1v) is 7.50. The molecule has 0 bridgehead atoms. The van der Waals surface area contributed by atoms with Crippen LogP contribution in [0.1, 0.15) is 37.4 Å². The zero-order chi connectivity index (χ0) is 13.8. The maximum Gasteiger partial charge on any atom is 0.227 e. The Morgan fingerprint density at radius 2 is 2.15 bits per heavy atom. The Morgan fingerprint density at radius 1 is 1.30 bits per heavy atom. The van der Waals surface area contributed by atoms with Crippen molar-refractivity contribution in [2.45, 2.75) is 50.7 Å². The number of nitrogens with zero attached hydrogens (tertiary/aromatic N) is 2. The highest BCUT2D eigenvalue weighted by molar-refractivity contribution is 4.92. The van der Waals surface area contributed by atoms with Gasteiger partial charge in [0.15, 0.2) is 5.82 Å². The average molecular weight is 281 g/mol. The number of rotatable bonds is 4. The van der Waals surface area contributed by atoms with Gasteiger partial charge < -0.3 is 19.3 Å². The standard InChI is InChI=1S/C14H23N3O3/c1-11-16-13(20-17-11)2-6-15-12-3-7-19-14(10-12)4-8-18-9-5-14/h12,15H,2-10H2,1H3. The molecule has 1 unspecified atom stereocenters. The van der Waals surface area contributed by atoms with E-state index in [1.165, 1.54) is 0 Å². The molecule has 6 heteroatoms. The third-order valence-corrected chi connectivity index (χ3v) is 4.24. The van der Waals surface area contributed by atoms with E-state index < -0.39 is 0 Å². The molecule has 6 nitrogen and oxygen atoms in total. The summed E-state index contributed by atoms with van der Waals surface area (Å²) >= 11 is 0. The summed E-state index contributed by atoms with van der Waals surface area (Å²) in [5.41, 5.74) is 0.0508. The van der Waals surface area contributed by atoms with Crippen molar-refractivity contribution in [1.82, 2.24) is 15.5 Å². The van der Waals surface area contributed by atoms with Crippen LogP contribution in [0.4, 0.5) is 0 Å². The highest BCUT2D eigenvalue weighted by Gasteiger charge is 2.38. The average Bonchev–Trinajstić information content (AvgIpc) is 2.86. The maximum absolute atomic E-state index is 6.04. The van der Waals surface area contributed by atoms with E-state index in [4.69, 9.17) is 14.0 Å². The van der Waals surface area contributed by atoms with Gasteiger partial charge in [-0.25, -0.2) is 0 Å². The van der Waals surface area contributed by atoms with Crippen molar-refractivity contribution in [2.75, 3.05) is 26.4 Å². The van der Waals surface area contributed by atoms with E-state index in [0.717, 1.165) is 58.5 Å². The molecule has 2 saturated heterocycles. The topological polar surface area (TPSA) is 69.4 Å². The van der Waals surface area contributed by atoms with E-state index in [0.29, 0.717) is 17.8 Å². The molecular weight excluding hydrogens is 258 g/mol. The summed E-state index contributed by atoms with van der Waals surface area (Å²) in [5.74, 6) is 1.41. The Kier molecular flexibility index (Phi) is 4.33. The highest BCUT2D eigenvalue weighted by atomic mass is 16.5. The zero-order valence-electron chi connectivity index (χ0n) is 12.1. The summed E-state index contributed by atoms with van der Waals surface area (Å²) in [6.07, 6.45) is 4.99. The van der Waals surface area contributed by atoms with Crippen molar-refractivity contribution in [1.29, 1.82) is 0 Å². The van der Waals surface area contributed by atoms with Gasteiger partial charge in [-0.15, -0.1) is 0 Å². The summed E-state index contributed by atoms with van der Waals surface area (Å²) in [6, 6.07) is 0.519. The predicted molar refractivity (Wildman–Crippen MR) is 72.5 cm³/mol. The van der Waals surface area contributed by atoms with Gasteiger partial charge in [0.1, 0.15) is 0 Å². The van der Waals surface area contributed by atoms with Crippen LogP contribution in [0, 0.1) is 6.92 Å². The fraction of sp³-hybridized carbons (Fsp3) is 0.857. The molecule has 2 aliphatic heterocycles. The molecule has 2 aliphatic rings. The van der Waals surface area contributed by atoms with Crippen molar-refractivity contribution >= 4 is 0 Å². The fourth-order valence-electron chi connectivity index (χ4n) is 3.12. The number of nitrogens with one attached hydrogen (secondary N) is 1. The molecule has 3 heterocycles. The van der Waals surface area contributed by atoms with Gasteiger partial charge in [0.25, 0.3) is 0 Å². The van der Waals surface area contributed by atoms with Crippen LogP contribution in [-0.4, -0.2) is 48.1 Å². The molecule has 0 radical (unpaired) electrons. The summed E-state index contributed by atoms with van der Waals surface area (Å²) in [6.45, 7) is 5.21. The first-order valence-electron chi connectivity index (χ1n) is 7.50. The van der Waals surface area contributed by atoms with E-state index in [1.807, 2.05) is 6.92 Å². The second-order valence-electron chi connectivity index (χ2n) is 5.77. The van der Waals surface area contributed by atoms with Crippen LogP contribution in [-0.2, 0) is 15.9 Å². The molecule has 2 fully saturated rings. The van der Waals surface area contributed by atoms with Crippen molar-refractivity contribution < 1.29 is 14.0 Å². The van der Waals surface area contributed by atoms with Crippen LogP contribution in [0.5, 0.6) is 0 Å². The van der Waals surface area contributed by atoms with Gasteiger partial charge in [0.2, 0.25) is 5.89 Å². The molecular formula is C14H23N3O3. The summed E-state index contributed by atoms with van der Waals surface area (Å²) < 4.78 is 16.6. The first-order chi connectivity index (χ1) is 9.76. The molecule has 1 aromatic heterocycles. The maximum atomic E-state index is 6.04. The lowest BCUT2D eigenvalue weighted by molar-refractivity contribution is -0.140. The highest BCUT2D eigenvalue weighted by Crippen LogP contribution is 2.34. The summed E-state index contributed by atoms with van der Waals surface area (Å²) in [5, 5.41) is 7.40. The van der Waals surface area contributed by atoms with Crippen LogP contribution < -0.4 is 5.32 Å². The van der Waals surface area contributed by atoms with Gasteiger partial charge in [-0.3, -0.25) is 0 Å². The van der Waals surface area contributed by atoms with Gasteiger partial charge in [-0.2, -0.15) is 4.98 Å². The van der Waals surface area contributed by atoms with Crippen LogP contribution in [0.25, 0.3) is 0 Å². The van der Waals surface area contributed by atoms with Crippen molar-refractivity contribution in [3.05, 3.63) is 11.7 Å². The lowest BCUT2D eigenvalue weighted by Gasteiger charge is -2.43. The molecule has 1 spiro atoms. The minimum atomic E-state index is 0.0508. The SMILES string of the molecule is Cc1noc(CCNC2CCOC3(CCOCC3)C2)n1. The van der Waals surface area contributed by atoms with Gasteiger partial charge in [-0.05, 0) is 32.6 Å². The molecule has 1 N–H and O–H groups in total. The third-order valence-electron chi connectivity index (χ3n) is 4.24. The summed E-state index contributed by atoms with van der Waals surface area (Å²) in [4.78, 5) is 4.22. The number of aryl methyl sites for hydroxylation is 1. The Morgan fingerprint density at radius 3 is 2.90 bits per heavy atom. The number of hydrogen-bond donors (Lipinski definition) is 1. The molecule has 0 amide bonds. The van der Waals surface area contributed by atoms with E-state index in [-0.39, 0.29) is 5.60 Å². The van der Waals surface area contributed by atoms with E-state index >= 15 is 0 Å². The molecule has 3 rings (SSSR count). The Labute approximate surface area is 119 Å². The Hall–Kier alpha value is -0.980. The van der Waals surface area contributed by atoms with Crippen molar-refractivity contribution in [3.63, 3.8) is 0 Å². The lowest BCUT2D eigenvalue weighted by atomic mass is 9.84. The Balaban J connectivity index is 1.45. The molecule has 0 aliphatic carbocycles. The van der Waals surface area contributed by atoms with Crippen LogP contribution in [0.3, 0.4) is 0 Å². The predicted octanol–water partition coefficient (Wildman–Crippen LogP) is 1.24. The summed E-state index contributed by atoms with van der Waals surface area (Å²) in [7, 11) is 0. The molecule has 112 valence electrons. The molecule has 1 aromatic rings. The quantitative estimate of drug-likeness (QED) is 0.895. The smallest absolute Gasteiger partial charge is 0.227 e. The second-order valence-corrected chi connectivity index (χ2v) is 5.77. The Bertz CT molecular complexity index is 424. The second kappa shape index (κ2) is 6.20. The monoisotopic (exact) mass is 281 g/mol. The van der Waals surface area contributed by atoms with Crippen LogP contribution in [0.2, 0.25) is 0 Å². The van der Waals surface area contributed by atoms with E-state index in [2.05, 4.69) is 15.5 Å². The zero-order valence-corrected chi connectivity index (χ0v) is 12.1. The molecule has 0 aromatic carbocycles.